The maximum Gasteiger partial charge on any atom is 0.156 e. The molecule has 0 aliphatic carbocycles. The van der Waals surface area contributed by atoms with Gasteiger partial charge in [-0.2, -0.15) is 0 Å². The van der Waals surface area contributed by atoms with Gasteiger partial charge in [0, 0.05) is 4.47 Å². The molecule has 0 spiro atoms. The van der Waals surface area contributed by atoms with Gasteiger partial charge in [0.1, 0.15) is 12.4 Å². The van der Waals surface area contributed by atoms with Crippen molar-refractivity contribution in [2.45, 2.75) is 18.6 Å². The molecule has 2 N–H and O–H groups in total. The quantitative estimate of drug-likeness (QED) is 0.827. The van der Waals surface area contributed by atoms with Gasteiger partial charge < -0.3 is 10.5 Å². The van der Waals surface area contributed by atoms with Crippen molar-refractivity contribution in [3.8, 4) is 5.75 Å². The summed E-state index contributed by atoms with van der Waals surface area (Å²) in [5, 5.41) is -0.406. The van der Waals surface area contributed by atoms with Crippen LogP contribution in [0.2, 0.25) is 0 Å². The molecule has 1 rings (SSSR count). The Bertz CT molecular complexity index is 459. The van der Waals surface area contributed by atoms with E-state index in [1.54, 1.807) is 19.1 Å². The fourth-order valence-electron chi connectivity index (χ4n) is 1.42. The van der Waals surface area contributed by atoms with Gasteiger partial charge in [0.15, 0.2) is 9.84 Å². The molecule has 0 aromatic heterocycles. The molecule has 18 heavy (non-hydrogen) atoms. The molecule has 1 aromatic carbocycles. The summed E-state index contributed by atoms with van der Waals surface area (Å²) in [5.41, 5.74) is 5.36. The summed E-state index contributed by atoms with van der Waals surface area (Å²) in [4.78, 5) is 0. The lowest BCUT2D eigenvalue weighted by molar-refractivity contribution is 0.340. The maximum atomic E-state index is 11.8. The highest BCUT2D eigenvalue weighted by Crippen LogP contribution is 2.16. The monoisotopic (exact) mass is 335 g/mol. The average Bonchev–Trinajstić information content (AvgIpc) is 2.32. The Kier molecular flexibility index (Phi) is 6.11. The Morgan fingerprint density at radius 3 is 2.50 bits per heavy atom. The van der Waals surface area contributed by atoms with Crippen molar-refractivity contribution in [3.05, 3.63) is 28.7 Å². The summed E-state index contributed by atoms with van der Waals surface area (Å²) in [6.45, 7) is 2.23. The van der Waals surface area contributed by atoms with Crippen LogP contribution in [0, 0.1) is 0 Å². The lowest BCUT2D eigenvalue weighted by atomic mass is 10.3. The number of ether oxygens (including phenoxy) is 1. The second-order valence-electron chi connectivity index (χ2n) is 4.06. The largest absolute Gasteiger partial charge is 0.493 e. The number of benzene rings is 1. The van der Waals surface area contributed by atoms with Gasteiger partial charge in [-0.3, -0.25) is 0 Å². The lowest BCUT2D eigenvalue weighted by Crippen LogP contribution is -2.26. The van der Waals surface area contributed by atoms with Crippen LogP contribution in [0.3, 0.4) is 0 Å². The van der Waals surface area contributed by atoms with Crippen molar-refractivity contribution in [3.63, 3.8) is 0 Å². The van der Waals surface area contributed by atoms with Crippen molar-refractivity contribution >= 4 is 25.8 Å². The molecule has 0 heterocycles. The third-order valence-electron chi connectivity index (χ3n) is 2.64. The molecule has 0 saturated heterocycles. The van der Waals surface area contributed by atoms with E-state index >= 15 is 0 Å². The Hall–Kier alpha value is -0.590. The van der Waals surface area contributed by atoms with Crippen LogP contribution in [-0.2, 0) is 9.84 Å². The van der Waals surface area contributed by atoms with Gasteiger partial charge in [-0.25, -0.2) is 8.42 Å². The van der Waals surface area contributed by atoms with E-state index in [0.29, 0.717) is 18.7 Å². The fraction of sp³-hybridized carbons (Fsp3) is 0.500. The number of rotatable bonds is 7. The van der Waals surface area contributed by atoms with E-state index in [1.807, 2.05) is 12.1 Å². The van der Waals surface area contributed by atoms with Gasteiger partial charge in [0.05, 0.1) is 11.0 Å². The molecule has 6 heteroatoms. The molecular weight excluding hydrogens is 318 g/mol. The zero-order chi connectivity index (χ0) is 13.6. The van der Waals surface area contributed by atoms with Crippen LogP contribution in [0.15, 0.2) is 28.7 Å². The summed E-state index contributed by atoms with van der Waals surface area (Å²) in [6.07, 6.45) is 0.487. The molecule has 0 saturated carbocycles. The topological polar surface area (TPSA) is 69.4 Å². The number of hydrogen-bond acceptors (Lipinski definition) is 4. The second kappa shape index (κ2) is 7.11. The van der Waals surface area contributed by atoms with Crippen LogP contribution >= 0.6 is 15.9 Å². The summed E-state index contributed by atoms with van der Waals surface area (Å²) < 4.78 is 30.0. The average molecular weight is 336 g/mol. The molecule has 4 nitrogen and oxygen atoms in total. The molecule has 0 radical (unpaired) electrons. The summed E-state index contributed by atoms with van der Waals surface area (Å²) in [7, 11) is -3.12. The number of sulfone groups is 1. The van der Waals surface area contributed by atoms with Crippen molar-refractivity contribution in [1.29, 1.82) is 0 Å². The van der Waals surface area contributed by atoms with E-state index in [9.17, 15) is 8.42 Å². The van der Waals surface area contributed by atoms with Crippen molar-refractivity contribution in [1.82, 2.24) is 0 Å². The Labute approximate surface area is 117 Å². The first-order chi connectivity index (χ1) is 8.45. The fourth-order valence-corrected chi connectivity index (χ4v) is 2.90. The number of nitrogens with two attached hydrogens (primary N) is 1. The molecule has 0 amide bonds. The van der Waals surface area contributed by atoms with Gasteiger partial charge in [-0.1, -0.05) is 15.9 Å². The SMILES string of the molecule is CC(CCN)S(=O)(=O)CCOc1ccc(Br)cc1. The standard InChI is InChI=1S/C12H18BrNO3S/c1-10(6-7-14)18(15,16)9-8-17-12-4-2-11(13)3-5-12/h2-5,10H,6-9,14H2,1H3. The third kappa shape index (κ3) is 4.96. The molecule has 0 fully saturated rings. The molecule has 1 atom stereocenters. The molecule has 1 unspecified atom stereocenters. The highest BCUT2D eigenvalue weighted by molar-refractivity contribution is 9.10. The molecule has 102 valence electrons. The first-order valence-electron chi connectivity index (χ1n) is 5.75. The van der Waals surface area contributed by atoms with E-state index in [0.717, 1.165) is 4.47 Å². The van der Waals surface area contributed by atoms with Gasteiger partial charge in [-0.15, -0.1) is 0 Å². The molecule has 0 aliphatic heterocycles. The van der Waals surface area contributed by atoms with Crippen LogP contribution in [-0.4, -0.2) is 32.6 Å². The molecule has 0 aliphatic rings. The third-order valence-corrected chi connectivity index (χ3v) is 5.36. The van der Waals surface area contributed by atoms with Crippen molar-refractivity contribution < 1.29 is 13.2 Å². The maximum absolute atomic E-state index is 11.8. The minimum atomic E-state index is -3.12. The minimum absolute atomic E-state index is 0.0181. The van der Waals surface area contributed by atoms with Crippen molar-refractivity contribution in [2.75, 3.05) is 18.9 Å². The van der Waals surface area contributed by atoms with Gasteiger partial charge in [0.2, 0.25) is 0 Å². The predicted molar refractivity (Wildman–Crippen MR) is 76.6 cm³/mol. The predicted octanol–water partition coefficient (Wildman–Crippen LogP) is 1.98. The van der Waals surface area contributed by atoms with Gasteiger partial charge in [0.25, 0.3) is 0 Å². The first-order valence-corrected chi connectivity index (χ1v) is 8.26. The molecule has 1 aromatic rings. The molecule has 0 bridgehead atoms. The first kappa shape index (κ1) is 15.5. The van der Waals surface area contributed by atoms with E-state index < -0.39 is 15.1 Å². The highest BCUT2D eigenvalue weighted by Gasteiger charge is 2.19. The van der Waals surface area contributed by atoms with Crippen LogP contribution < -0.4 is 10.5 Å². The van der Waals surface area contributed by atoms with E-state index in [-0.39, 0.29) is 12.4 Å². The Morgan fingerprint density at radius 1 is 1.33 bits per heavy atom. The van der Waals surface area contributed by atoms with Crippen molar-refractivity contribution in [2.24, 2.45) is 5.73 Å². The summed E-state index contributed by atoms with van der Waals surface area (Å²) in [5.74, 6) is 0.685. The lowest BCUT2D eigenvalue weighted by Gasteiger charge is -2.12. The van der Waals surface area contributed by atoms with Crippen LogP contribution in [0.5, 0.6) is 5.75 Å². The van der Waals surface area contributed by atoms with Crippen LogP contribution in [0.4, 0.5) is 0 Å². The van der Waals surface area contributed by atoms with E-state index in [1.165, 1.54) is 0 Å². The summed E-state index contributed by atoms with van der Waals surface area (Å²) in [6, 6.07) is 7.28. The van der Waals surface area contributed by atoms with E-state index in [2.05, 4.69) is 15.9 Å². The minimum Gasteiger partial charge on any atom is -0.493 e. The Balaban J connectivity index is 2.44. The second-order valence-corrected chi connectivity index (χ2v) is 7.51. The smallest absolute Gasteiger partial charge is 0.156 e. The van der Waals surface area contributed by atoms with Gasteiger partial charge in [-0.05, 0) is 44.2 Å². The highest BCUT2D eigenvalue weighted by atomic mass is 79.9. The normalized spacial score (nSPS) is 13.3. The number of halogens is 1. The zero-order valence-electron chi connectivity index (χ0n) is 10.3. The summed E-state index contributed by atoms with van der Waals surface area (Å²) >= 11 is 3.32. The van der Waals surface area contributed by atoms with Crippen LogP contribution in [0.1, 0.15) is 13.3 Å². The van der Waals surface area contributed by atoms with E-state index in [4.69, 9.17) is 10.5 Å². The number of hydrogen-bond donors (Lipinski definition) is 1. The Morgan fingerprint density at radius 2 is 1.94 bits per heavy atom. The van der Waals surface area contributed by atoms with Crippen LogP contribution in [0.25, 0.3) is 0 Å². The zero-order valence-corrected chi connectivity index (χ0v) is 12.7. The van der Waals surface area contributed by atoms with Gasteiger partial charge >= 0.3 is 0 Å². The molecular formula is C12H18BrNO3S.